The van der Waals surface area contributed by atoms with Crippen LogP contribution in [0.25, 0.3) is 0 Å². The molecule has 1 saturated carbocycles. The van der Waals surface area contributed by atoms with E-state index in [1.807, 2.05) is 0 Å². The lowest BCUT2D eigenvalue weighted by Crippen LogP contribution is -2.11. The van der Waals surface area contributed by atoms with E-state index in [1.54, 1.807) is 0 Å². The molecular formula is C9H15N3S. The number of hydrogen-bond acceptors (Lipinski definition) is 2. The van der Waals surface area contributed by atoms with Gasteiger partial charge in [0.15, 0.2) is 4.77 Å². The Morgan fingerprint density at radius 1 is 1.62 bits per heavy atom. The van der Waals surface area contributed by atoms with Crippen molar-refractivity contribution < 1.29 is 0 Å². The number of rotatable bonds is 3. The molecule has 4 heteroatoms. The highest BCUT2D eigenvalue weighted by atomic mass is 32.1. The molecule has 72 valence electrons. The molecule has 0 radical (unpaired) electrons. The molecule has 0 saturated heterocycles. The second-order valence-corrected chi connectivity index (χ2v) is 4.58. The Balaban J connectivity index is 2.27. The first-order valence-electron chi connectivity index (χ1n) is 4.79. The van der Waals surface area contributed by atoms with E-state index in [2.05, 4.69) is 28.6 Å². The van der Waals surface area contributed by atoms with E-state index in [4.69, 9.17) is 12.2 Å². The maximum absolute atomic E-state index is 5.18. The Kier molecular flexibility index (Phi) is 2.02. The van der Waals surface area contributed by atoms with Crippen LogP contribution >= 0.6 is 12.2 Å². The Hall–Kier alpha value is -0.640. The van der Waals surface area contributed by atoms with Gasteiger partial charge < -0.3 is 4.57 Å². The molecule has 2 rings (SSSR count). The maximum Gasteiger partial charge on any atom is 0.195 e. The molecule has 1 aliphatic carbocycles. The van der Waals surface area contributed by atoms with Crippen molar-refractivity contribution in [3.05, 3.63) is 10.6 Å². The van der Waals surface area contributed by atoms with Crippen molar-refractivity contribution in [3.63, 3.8) is 0 Å². The lowest BCUT2D eigenvalue weighted by molar-refractivity contribution is 0.450. The van der Waals surface area contributed by atoms with Gasteiger partial charge in [0.05, 0.1) is 0 Å². The number of nitrogens with zero attached hydrogens (tertiary/aromatic N) is 2. The molecule has 1 fully saturated rings. The summed E-state index contributed by atoms with van der Waals surface area (Å²) in [6, 6.07) is 0. The van der Waals surface area contributed by atoms with E-state index in [-0.39, 0.29) is 0 Å². The van der Waals surface area contributed by atoms with Crippen molar-refractivity contribution in [1.29, 1.82) is 0 Å². The van der Waals surface area contributed by atoms with Crippen molar-refractivity contribution in [2.75, 3.05) is 0 Å². The van der Waals surface area contributed by atoms with Crippen molar-refractivity contribution in [1.82, 2.24) is 14.8 Å². The van der Waals surface area contributed by atoms with E-state index in [9.17, 15) is 0 Å². The molecule has 13 heavy (non-hydrogen) atoms. The number of H-pyrrole nitrogens is 1. The van der Waals surface area contributed by atoms with Crippen molar-refractivity contribution in [2.24, 2.45) is 5.41 Å². The number of nitrogens with one attached hydrogen (secondary N) is 1. The lowest BCUT2D eigenvalue weighted by Gasteiger charge is -2.10. The van der Waals surface area contributed by atoms with Crippen LogP contribution in [-0.2, 0) is 13.0 Å². The second-order valence-electron chi connectivity index (χ2n) is 4.20. The average molecular weight is 197 g/mol. The Bertz CT molecular complexity index is 359. The number of aromatic amines is 1. The van der Waals surface area contributed by atoms with Crippen LogP contribution in [0.1, 0.15) is 32.5 Å². The summed E-state index contributed by atoms with van der Waals surface area (Å²) in [4.78, 5) is 0. The highest BCUT2D eigenvalue weighted by molar-refractivity contribution is 7.71. The van der Waals surface area contributed by atoms with E-state index in [0.717, 1.165) is 23.6 Å². The first-order valence-corrected chi connectivity index (χ1v) is 5.19. The van der Waals surface area contributed by atoms with Crippen LogP contribution in [0.2, 0.25) is 0 Å². The third-order valence-corrected chi connectivity index (χ3v) is 3.11. The van der Waals surface area contributed by atoms with Gasteiger partial charge in [-0.1, -0.05) is 13.8 Å². The van der Waals surface area contributed by atoms with Crippen molar-refractivity contribution >= 4 is 12.2 Å². The topological polar surface area (TPSA) is 33.6 Å². The van der Waals surface area contributed by atoms with Crippen LogP contribution in [0, 0.1) is 10.2 Å². The Morgan fingerprint density at radius 2 is 2.31 bits per heavy atom. The van der Waals surface area contributed by atoms with E-state index in [1.165, 1.54) is 12.8 Å². The summed E-state index contributed by atoms with van der Waals surface area (Å²) in [7, 11) is 0. The quantitative estimate of drug-likeness (QED) is 0.754. The van der Waals surface area contributed by atoms with Crippen LogP contribution in [0.5, 0.6) is 0 Å². The van der Waals surface area contributed by atoms with Gasteiger partial charge in [0.25, 0.3) is 0 Å². The maximum atomic E-state index is 5.18. The predicted octanol–water partition coefficient (Wildman–Crippen LogP) is 2.30. The summed E-state index contributed by atoms with van der Waals surface area (Å²) < 4.78 is 2.91. The molecule has 1 aromatic heterocycles. The third-order valence-electron chi connectivity index (χ3n) is 2.80. The standard InChI is InChI=1S/C9H15N3S/c1-3-7-10-11-8(13)12(7)6-9(2)4-5-9/h3-6H2,1-2H3,(H,11,13). The fraction of sp³-hybridized carbons (Fsp3) is 0.778. The number of aromatic nitrogens is 3. The summed E-state index contributed by atoms with van der Waals surface area (Å²) in [5.41, 5.74) is 0.492. The molecule has 0 amide bonds. The first kappa shape index (κ1) is 8.94. The largest absolute Gasteiger partial charge is 0.304 e. The van der Waals surface area contributed by atoms with Gasteiger partial charge in [0.2, 0.25) is 0 Å². The van der Waals surface area contributed by atoms with Crippen LogP contribution in [0.3, 0.4) is 0 Å². The second kappa shape index (κ2) is 2.94. The van der Waals surface area contributed by atoms with Gasteiger partial charge in [0.1, 0.15) is 5.82 Å². The summed E-state index contributed by atoms with van der Waals surface area (Å²) in [5.74, 6) is 1.08. The molecule has 1 N–H and O–H groups in total. The summed E-state index contributed by atoms with van der Waals surface area (Å²) in [6.45, 7) is 5.45. The molecule has 1 aliphatic rings. The molecule has 0 spiro atoms. The SMILES string of the molecule is CCc1n[nH]c(=S)n1CC1(C)CC1. The van der Waals surface area contributed by atoms with E-state index < -0.39 is 0 Å². The molecule has 1 aromatic rings. The minimum absolute atomic E-state index is 0.492. The highest BCUT2D eigenvalue weighted by Gasteiger charge is 2.38. The fourth-order valence-corrected chi connectivity index (χ4v) is 1.75. The molecule has 3 nitrogen and oxygen atoms in total. The first-order chi connectivity index (χ1) is 6.14. The van der Waals surface area contributed by atoms with Gasteiger partial charge in [-0.15, -0.1) is 0 Å². The normalized spacial score (nSPS) is 18.9. The van der Waals surface area contributed by atoms with Crippen LogP contribution in [0.4, 0.5) is 0 Å². The van der Waals surface area contributed by atoms with Crippen LogP contribution < -0.4 is 0 Å². The molecule has 0 bridgehead atoms. The zero-order valence-electron chi connectivity index (χ0n) is 8.13. The molecule has 0 unspecified atom stereocenters. The third kappa shape index (κ3) is 1.68. The molecule has 1 heterocycles. The van der Waals surface area contributed by atoms with Gasteiger partial charge in [0, 0.05) is 13.0 Å². The number of hydrogen-bond donors (Lipinski definition) is 1. The van der Waals surface area contributed by atoms with Crippen molar-refractivity contribution in [2.45, 2.75) is 39.7 Å². The lowest BCUT2D eigenvalue weighted by atomic mass is 10.1. The van der Waals surface area contributed by atoms with Crippen molar-refractivity contribution in [3.8, 4) is 0 Å². The average Bonchev–Trinajstić information content (AvgIpc) is 2.72. The minimum atomic E-state index is 0.492. The Morgan fingerprint density at radius 3 is 2.85 bits per heavy atom. The van der Waals surface area contributed by atoms with Gasteiger partial charge in [-0.25, -0.2) is 0 Å². The van der Waals surface area contributed by atoms with Crippen LogP contribution in [-0.4, -0.2) is 14.8 Å². The van der Waals surface area contributed by atoms with Gasteiger partial charge in [-0.3, -0.25) is 5.10 Å². The monoisotopic (exact) mass is 197 g/mol. The van der Waals surface area contributed by atoms with Gasteiger partial charge in [-0.2, -0.15) is 5.10 Å². The molecule has 0 aliphatic heterocycles. The van der Waals surface area contributed by atoms with Crippen LogP contribution in [0.15, 0.2) is 0 Å². The summed E-state index contributed by atoms with van der Waals surface area (Å²) in [6.07, 6.45) is 3.59. The predicted molar refractivity (Wildman–Crippen MR) is 54.1 cm³/mol. The van der Waals surface area contributed by atoms with E-state index >= 15 is 0 Å². The minimum Gasteiger partial charge on any atom is -0.304 e. The summed E-state index contributed by atoms with van der Waals surface area (Å²) in [5, 5.41) is 7.05. The summed E-state index contributed by atoms with van der Waals surface area (Å²) >= 11 is 5.18. The Labute approximate surface area is 83.2 Å². The molecular weight excluding hydrogens is 182 g/mol. The van der Waals surface area contributed by atoms with Gasteiger partial charge >= 0.3 is 0 Å². The fourth-order valence-electron chi connectivity index (χ4n) is 1.54. The number of aryl methyl sites for hydroxylation is 1. The zero-order chi connectivity index (χ0) is 9.47. The highest BCUT2D eigenvalue weighted by Crippen LogP contribution is 2.46. The smallest absolute Gasteiger partial charge is 0.195 e. The van der Waals surface area contributed by atoms with Gasteiger partial charge in [-0.05, 0) is 30.5 Å². The zero-order valence-corrected chi connectivity index (χ0v) is 8.95. The molecule has 0 atom stereocenters. The molecule has 0 aromatic carbocycles. The van der Waals surface area contributed by atoms with E-state index in [0.29, 0.717) is 5.41 Å².